The molecule has 0 rings (SSSR count). The molecule has 66 heavy (non-hydrogen) atoms. The van der Waals surface area contributed by atoms with Gasteiger partial charge in [-0.3, -0.25) is 14.4 Å². The zero-order valence-electron chi connectivity index (χ0n) is 42.4. The van der Waals surface area contributed by atoms with E-state index in [0.29, 0.717) is 19.3 Å². The van der Waals surface area contributed by atoms with Gasteiger partial charge in [-0.25, -0.2) is 0 Å². The molecule has 0 N–H and O–H groups in total. The molecule has 0 aliphatic carbocycles. The molecule has 0 aliphatic rings. The molecule has 372 valence electrons. The summed E-state index contributed by atoms with van der Waals surface area (Å²) in [5, 5.41) is 0. The van der Waals surface area contributed by atoms with Crippen LogP contribution >= 0.6 is 0 Å². The zero-order valence-corrected chi connectivity index (χ0v) is 42.4. The van der Waals surface area contributed by atoms with Crippen LogP contribution in [-0.2, 0) is 28.6 Å². The summed E-state index contributed by atoms with van der Waals surface area (Å²) in [6.45, 7) is 6.28. The van der Waals surface area contributed by atoms with Crippen molar-refractivity contribution in [1.82, 2.24) is 0 Å². The van der Waals surface area contributed by atoms with Gasteiger partial charge in [0.2, 0.25) is 0 Å². The Labute approximate surface area is 405 Å². The lowest BCUT2D eigenvalue weighted by Gasteiger charge is -2.18. The van der Waals surface area contributed by atoms with E-state index in [1.165, 1.54) is 70.6 Å². The van der Waals surface area contributed by atoms with Gasteiger partial charge in [0.1, 0.15) is 13.2 Å². The minimum absolute atomic E-state index is 0.121. The summed E-state index contributed by atoms with van der Waals surface area (Å²) in [6, 6.07) is 0. The zero-order chi connectivity index (χ0) is 47.9. The predicted molar refractivity (Wildman–Crippen MR) is 283 cm³/mol. The lowest BCUT2D eigenvalue weighted by molar-refractivity contribution is -0.167. The molecule has 0 spiro atoms. The first-order valence-corrected chi connectivity index (χ1v) is 26.6. The van der Waals surface area contributed by atoms with E-state index in [0.717, 1.165) is 103 Å². The molecule has 0 aromatic carbocycles. The van der Waals surface area contributed by atoms with E-state index in [9.17, 15) is 14.4 Å². The molecule has 0 bridgehead atoms. The van der Waals surface area contributed by atoms with E-state index in [4.69, 9.17) is 14.2 Å². The van der Waals surface area contributed by atoms with Crippen LogP contribution < -0.4 is 0 Å². The number of hydrogen-bond donors (Lipinski definition) is 0. The Kier molecular flexibility index (Phi) is 50.0. The van der Waals surface area contributed by atoms with Gasteiger partial charge < -0.3 is 14.2 Å². The first-order valence-electron chi connectivity index (χ1n) is 26.6. The number of esters is 3. The Morgan fingerprint density at radius 1 is 0.333 bits per heavy atom. The van der Waals surface area contributed by atoms with Crippen LogP contribution in [0.4, 0.5) is 0 Å². The smallest absolute Gasteiger partial charge is 0.306 e. The molecule has 0 aromatic heterocycles. The van der Waals surface area contributed by atoms with E-state index >= 15 is 0 Å². The third kappa shape index (κ3) is 50.8. The third-order valence-electron chi connectivity index (χ3n) is 10.8. The van der Waals surface area contributed by atoms with Crippen molar-refractivity contribution < 1.29 is 28.6 Å². The van der Waals surface area contributed by atoms with Crippen molar-refractivity contribution in [3.63, 3.8) is 0 Å². The Morgan fingerprint density at radius 3 is 1.18 bits per heavy atom. The maximum atomic E-state index is 12.8. The van der Waals surface area contributed by atoms with Crippen LogP contribution in [0.15, 0.2) is 122 Å². The van der Waals surface area contributed by atoms with Crippen LogP contribution in [0, 0.1) is 0 Å². The van der Waals surface area contributed by atoms with E-state index < -0.39 is 6.10 Å². The molecular formula is C60H96O6. The number of carbonyl (C=O) groups excluding carboxylic acids is 3. The lowest BCUT2D eigenvalue weighted by Crippen LogP contribution is -2.30. The minimum Gasteiger partial charge on any atom is -0.462 e. The lowest BCUT2D eigenvalue weighted by atomic mass is 10.1. The van der Waals surface area contributed by atoms with Crippen molar-refractivity contribution in [3.05, 3.63) is 122 Å². The fourth-order valence-corrected chi connectivity index (χ4v) is 6.83. The van der Waals surface area contributed by atoms with Gasteiger partial charge in [-0.05, 0) is 103 Å². The second kappa shape index (κ2) is 53.4. The molecule has 6 heteroatoms. The first-order chi connectivity index (χ1) is 32.5. The first kappa shape index (κ1) is 61.8. The van der Waals surface area contributed by atoms with Gasteiger partial charge in [0, 0.05) is 19.3 Å². The van der Waals surface area contributed by atoms with Gasteiger partial charge in [-0.2, -0.15) is 0 Å². The molecule has 0 saturated carbocycles. The number of rotatable bonds is 46. The Morgan fingerprint density at radius 2 is 0.682 bits per heavy atom. The summed E-state index contributed by atoms with van der Waals surface area (Å²) in [6.07, 6.45) is 73.4. The molecule has 0 radical (unpaired) electrons. The van der Waals surface area contributed by atoms with Crippen LogP contribution in [0.1, 0.15) is 220 Å². The number of hydrogen-bond acceptors (Lipinski definition) is 6. The molecule has 0 saturated heterocycles. The van der Waals surface area contributed by atoms with Crippen LogP contribution in [0.2, 0.25) is 0 Å². The predicted octanol–water partition coefficient (Wildman–Crippen LogP) is 17.7. The molecule has 0 amide bonds. The largest absolute Gasteiger partial charge is 0.462 e. The highest BCUT2D eigenvalue weighted by atomic mass is 16.6. The summed E-state index contributed by atoms with van der Waals surface area (Å²) in [7, 11) is 0. The van der Waals surface area contributed by atoms with Crippen LogP contribution in [0.5, 0.6) is 0 Å². The summed E-state index contributed by atoms with van der Waals surface area (Å²) in [5.41, 5.74) is 0. The van der Waals surface area contributed by atoms with Gasteiger partial charge in [0.05, 0.1) is 0 Å². The van der Waals surface area contributed by atoms with E-state index in [1.54, 1.807) is 0 Å². The molecular weight excluding hydrogens is 817 g/mol. The number of carbonyl (C=O) groups is 3. The van der Waals surface area contributed by atoms with Crippen LogP contribution in [0.25, 0.3) is 0 Å². The topological polar surface area (TPSA) is 78.9 Å². The molecule has 6 nitrogen and oxygen atoms in total. The summed E-state index contributed by atoms with van der Waals surface area (Å²) >= 11 is 0. The van der Waals surface area contributed by atoms with Crippen molar-refractivity contribution in [2.24, 2.45) is 0 Å². The fourth-order valence-electron chi connectivity index (χ4n) is 6.83. The molecule has 0 heterocycles. The van der Waals surface area contributed by atoms with Gasteiger partial charge in [0.25, 0.3) is 0 Å². The summed E-state index contributed by atoms with van der Waals surface area (Å²) in [5.74, 6) is -1.03. The molecule has 0 fully saturated rings. The monoisotopic (exact) mass is 913 g/mol. The third-order valence-corrected chi connectivity index (χ3v) is 10.8. The Bertz CT molecular complexity index is 1420. The van der Waals surface area contributed by atoms with Gasteiger partial charge in [-0.1, -0.05) is 219 Å². The van der Waals surface area contributed by atoms with Crippen molar-refractivity contribution in [1.29, 1.82) is 0 Å². The maximum absolute atomic E-state index is 12.8. The molecule has 0 aliphatic heterocycles. The highest BCUT2D eigenvalue weighted by Crippen LogP contribution is 2.13. The highest BCUT2D eigenvalue weighted by Gasteiger charge is 2.19. The van der Waals surface area contributed by atoms with E-state index in [2.05, 4.69) is 106 Å². The second-order valence-electron chi connectivity index (χ2n) is 17.1. The van der Waals surface area contributed by atoms with Gasteiger partial charge in [0.15, 0.2) is 6.10 Å². The molecule has 1 atom stereocenters. The average Bonchev–Trinajstić information content (AvgIpc) is 3.31. The number of unbranched alkanes of at least 4 members (excludes halogenated alkanes) is 18. The van der Waals surface area contributed by atoms with Crippen molar-refractivity contribution in [3.8, 4) is 0 Å². The summed E-state index contributed by atoms with van der Waals surface area (Å²) in [4.78, 5) is 38.0. The standard InChI is InChI=1S/C60H96O6/c1-4-7-10-13-16-19-22-25-27-29-31-32-35-38-41-44-47-50-53-59(62)65-56-57(55-64-58(61)52-49-46-43-40-37-34-24-21-18-15-12-9-6-3)66-60(63)54-51-48-45-42-39-36-33-30-28-26-23-20-17-14-11-8-5-2/h8-9,11-12,15,17-18,20-21,24,26,28,31-34,36-37,42,45,57H,4-7,10,13-14,16,19,22-23,25,27,29-30,35,38-41,43-44,46-56H2,1-3H3/b11-8-,12-9-,18-15-,20-17-,24-21-,28-26-,32-31-,36-33-,37-34-,45-42-. The average molecular weight is 913 g/mol. The van der Waals surface area contributed by atoms with Crippen molar-refractivity contribution in [2.45, 2.75) is 226 Å². The number of allylic oxidation sites excluding steroid dienone is 20. The second-order valence-corrected chi connectivity index (χ2v) is 17.1. The van der Waals surface area contributed by atoms with Gasteiger partial charge in [-0.15, -0.1) is 0 Å². The van der Waals surface area contributed by atoms with Gasteiger partial charge >= 0.3 is 17.9 Å². The molecule has 0 aromatic rings. The molecule has 1 unspecified atom stereocenters. The van der Waals surface area contributed by atoms with Crippen LogP contribution in [0.3, 0.4) is 0 Å². The fraction of sp³-hybridized carbons (Fsp3) is 0.617. The maximum Gasteiger partial charge on any atom is 0.306 e. The Hall–Kier alpha value is -4.19. The quantitative estimate of drug-likeness (QED) is 0.0199. The summed E-state index contributed by atoms with van der Waals surface area (Å²) < 4.78 is 16.7. The van der Waals surface area contributed by atoms with E-state index in [1.807, 2.05) is 36.5 Å². The minimum atomic E-state index is -0.830. The SMILES string of the molecule is CC\C=C/C=C\C=C/C=C\CCCCCC(=O)OCC(COC(=O)CCCCCCC/C=C\CCCCCCCCCCC)OC(=O)CCC/C=C\C/C=C\C/C=C\C/C=C\C/C=C\CC. The number of ether oxygens (including phenoxy) is 3. The van der Waals surface area contributed by atoms with Crippen molar-refractivity contribution >= 4 is 17.9 Å². The van der Waals surface area contributed by atoms with Crippen molar-refractivity contribution in [2.75, 3.05) is 13.2 Å². The highest BCUT2D eigenvalue weighted by molar-refractivity contribution is 5.71. The Balaban J connectivity index is 4.54. The van der Waals surface area contributed by atoms with E-state index in [-0.39, 0.29) is 37.5 Å². The van der Waals surface area contributed by atoms with Crippen LogP contribution in [-0.4, -0.2) is 37.2 Å². The normalized spacial score (nSPS) is 13.1.